The summed E-state index contributed by atoms with van der Waals surface area (Å²) in [4.78, 5) is 0. The van der Waals surface area contributed by atoms with Gasteiger partial charge in [0.2, 0.25) is 0 Å². The summed E-state index contributed by atoms with van der Waals surface area (Å²) in [5.41, 5.74) is 0.515. The molecule has 2 aliphatic carbocycles. The van der Waals surface area contributed by atoms with Crippen LogP contribution in [0.2, 0.25) is 0 Å². The first kappa shape index (κ1) is 18.5. The largest absolute Gasteiger partial charge is 0.416 e. The summed E-state index contributed by atoms with van der Waals surface area (Å²) in [7, 11) is 0. The maximum atomic E-state index is 12.7. The lowest BCUT2D eigenvalue weighted by atomic mass is 9.65. The summed E-state index contributed by atoms with van der Waals surface area (Å²) in [6.45, 7) is 2.70. The Morgan fingerprint density at radius 2 is 1.68 bits per heavy atom. The first-order chi connectivity index (χ1) is 12.0. The Labute approximate surface area is 148 Å². The molecule has 25 heavy (non-hydrogen) atoms. The Kier molecular flexibility index (Phi) is 5.88. The van der Waals surface area contributed by atoms with E-state index in [1.165, 1.54) is 25.0 Å². The van der Waals surface area contributed by atoms with Crippen molar-refractivity contribution in [3.8, 4) is 0 Å². The lowest BCUT2D eigenvalue weighted by molar-refractivity contribution is -0.137. The molecule has 2 saturated carbocycles. The van der Waals surface area contributed by atoms with Gasteiger partial charge in [0.1, 0.15) is 0 Å². The zero-order valence-electron chi connectivity index (χ0n) is 14.8. The minimum absolute atomic E-state index is 0.375. The highest BCUT2D eigenvalue weighted by Gasteiger charge is 2.36. The molecule has 4 atom stereocenters. The van der Waals surface area contributed by atoms with Gasteiger partial charge >= 0.3 is 6.18 Å². The normalized spacial score (nSPS) is 30.4. The van der Waals surface area contributed by atoms with Crippen molar-refractivity contribution in [3.63, 3.8) is 0 Å². The van der Waals surface area contributed by atoms with E-state index in [4.69, 9.17) is 4.74 Å². The summed E-state index contributed by atoms with van der Waals surface area (Å²) >= 11 is 0. The number of hydrogen-bond donors (Lipinski definition) is 0. The van der Waals surface area contributed by atoms with Gasteiger partial charge in [0.05, 0.1) is 18.3 Å². The highest BCUT2D eigenvalue weighted by molar-refractivity contribution is 5.27. The predicted octanol–water partition coefficient (Wildman–Crippen LogP) is 6.35. The maximum absolute atomic E-state index is 12.7. The third kappa shape index (κ3) is 4.66. The van der Waals surface area contributed by atoms with Crippen molar-refractivity contribution in [3.05, 3.63) is 47.5 Å². The van der Waals surface area contributed by atoms with Gasteiger partial charge in [0.15, 0.2) is 0 Å². The average molecular weight is 352 g/mol. The Morgan fingerprint density at radius 3 is 2.36 bits per heavy atom. The molecule has 1 nitrogen and oxygen atoms in total. The van der Waals surface area contributed by atoms with Crippen molar-refractivity contribution in [2.45, 2.75) is 63.6 Å². The third-order valence-corrected chi connectivity index (χ3v) is 5.94. The van der Waals surface area contributed by atoms with E-state index in [9.17, 15) is 13.2 Å². The molecule has 0 saturated heterocycles. The first-order valence-corrected chi connectivity index (χ1v) is 9.37. The van der Waals surface area contributed by atoms with E-state index in [-0.39, 0.29) is 0 Å². The van der Waals surface area contributed by atoms with Crippen LogP contribution in [0.1, 0.15) is 62.5 Å². The van der Waals surface area contributed by atoms with E-state index in [0.29, 0.717) is 24.5 Å². The van der Waals surface area contributed by atoms with Crippen LogP contribution in [0, 0.1) is 11.8 Å². The molecule has 3 rings (SSSR count). The summed E-state index contributed by atoms with van der Waals surface area (Å²) in [6.07, 6.45) is 6.98. The van der Waals surface area contributed by atoms with Crippen LogP contribution < -0.4 is 0 Å². The van der Waals surface area contributed by atoms with Gasteiger partial charge in [-0.25, -0.2) is 0 Å². The first-order valence-electron chi connectivity index (χ1n) is 9.37. The van der Waals surface area contributed by atoms with Crippen molar-refractivity contribution in [2.75, 3.05) is 6.61 Å². The van der Waals surface area contributed by atoms with Gasteiger partial charge in [-0.05, 0) is 80.9 Å². The highest BCUT2D eigenvalue weighted by atomic mass is 19.4. The Hall–Kier alpha value is -1.29. The van der Waals surface area contributed by atoms with Gasteiger partial charge in [-0.1, -0.05) is 24.3 Å². The lowest BCUT2D eigenvalue weighted by Crippen LogP contribution is -2.33. The van der Waals surface area contributed by atoms with Gasteiger partial charge in [-0.15, -0.1) is 0 Å². The third-order valence-electron chi connectivity index (χ3n) is 5.94. The molecule has 4 heteroatoms. The van der Waals surface area contributed by atoms with Crippen molar-refractivity contribution >= 4 is 0 Å². The number of rotatable bonds is 4. The molecule has 2 fully saturated rings. The van der Waals surface area contributed by atoms with E-state index in [0.717, 1.165) is 37.2 Å². The van der Waals surface area contributed by atoms with Crippen LogP contribution in [0.3, 0.4) is 0 Å². The fourth-order valence-corrected chi connectivity index (χ4v) is 4.53. The van der Waals surface area contributed by atoms with Gasteiger partial charge in [-0.3, -0.25) is 0 Å². The Morgan fingerprint density at radius 1 is 1.00 bits per heavy atom. The van der Waals surface area contributed by atoms with E-state index >= 15 is 0 Å². The minimum Gasteiger partial charge on any atom is -0.374 e. The van der Waals surface area contributed by atoms with Crippen LogP contribution in [-0.2, 0) is 10.9 Å². The Bertz CT molecular complexity index is 576. The molecular weight excluding hydrogens is 325 g/mol. The SMILES string of the molecule is C/C=C/COC1CCC2CC(c3ccc(C(F)(F)F)cc3)CCC2C1. The van der Waals surface area contributed by atoms with Gasteiger partial charge in [-0.2, -0.15) is 13.2 Å². The molecular formula is C21H27F3O. The maximum Gasteiger partial charge on any atom is 0.416 e. The lowest BCUT2D eigenvalue weighted by Gasteiger charge is -2.42. The molecule has 1 aromatic rings. The second-order valence-corrected chi connectivity index (χ2v) is 7.49. The topological polar surface area (TPSA) is 9.23 Å². The molecule has 0 heterocycles. The summed E-state index contributed by atoms with van der Waals surface area (Å²) in [5.74, 6) is 1.82. The second-order valence-electron chi connectivity index (χ2n) is 7.49. The highest BCUT2D eigenvalue weighted by Crippen LogP contribution is 2.46. The standard InChI is InChI=1S/C21H27F3O/c1-2-3-12-25-20-11-8-17-13-16(4-5-18(17)14-20)15-6-9-19(10-7-15)21(22,23)24/h2-3,6-7,9-10,16-18,20H,4-5,8,11-14H2,1H3/b3-2+. The summed E-state index contributed by atoms with van der Waals surface area (Å²) in [6, 6.07) is 5.82. The molecule has 0 aliphatic heterocycles. The fraction of sp³-hybridized carbons (Fsp3) is 0.619. The molecule has 0 amide bonds. The van der Waals surface area contributed by atoms with Crippen LogP contribution in [0.5, 0.6) is 0 Å². The molecule has 2 aliphatic rings. The van der Waals surface area contributed by atoms with Gasteiger partial charge in [0.25, 0.3) is 0 Å². The van der Waals surface area contributed by atoms with E-state index in [2.05, 4.69) is 0 Å². The minimum atomic E-state index is -4.25. The summed E-state index contributed by atoms with van der Waals surface area (Å²) in [5, 5.41) is 0. The van der Waals surface area contributed by atoms with Crippen LogP contribution in [0.4, 0.5) is 13.2 Å². The molecule has 4 unspecified atom stereocenters. The van der Waals surface area contributed by atoms with Crippen LogP contribution in [-0.4, -0.2) is 12.7 Å². The fourth-order valence-electron chi connectivity index (χ4n) is 4.53. The van der Waals surface area contributed by atoms with Crippen molar-refractivity contribution in [1.82, 2.24) is 0 Å². The number of benzene rings is 1. The smallest absolute Gasteiger partial charge is 0.374 e. The van der Waals surface area contributed by atoms with Crippen LogP contribution in [0.25, 0.3) is 0 Å². The number of halogens is 3. The Balaban J connectivity index is 1.56. The second kappa shape index (κ2) is 7.94. The monoisotopic (exact) mass is 352 g/mol. The zero-order chi connectivity index (χ0) is 17.9. The van der Waals surface area contributed by atoms with E-state index in [1.807, 2.05) is 19.1 Å². The van der Waals surface area contributed by atoms with E-state index in [1.54, 1.807) is 12.1 Å². The van der Waals surface area contributed by atoms with Crippen molar-refractivity contribution in [1.29, 1.82) is 0 Å². The quantitative estimate of drug-likeness (QED) is 0.574. The van der Waals surface area contributed by atoms with Crippen LogP contribution in [0.15, 0.2) is 36.4 Å². The molecule has 0 bridgehead atoms. The molecule has 1 aromatic carbocycles. The molecule has 0 spiro atoms. The van der Waals surface area contributed by atoms with Gasteiger partial charge < -0.3 is 4.74 Å². The van der Waals surface area contributed by atoms with Crippen molar-refractivity contribution < 1.29 is 17.9 Å². The number of fused-ring (bicyclic) bond motifs is 1. The summed E-state index contributed by atoms with van der Waals surface area (Å²) < 4.78 is 44.1. The molecule has 0 radical (unpaired) electrons. The predicted molar refractivity (Wildman–Crippen MR) is 93.4 cm³/mol. The zero-order valence-corrected chi connectivity index (χ0v) is 14.8. The average Bonchev–Trinajstić information content (AvgIpc) is 2.61. The van der Waals surface area contributed by atoms with Crippen molar-refractivity contribution in [2.24, 2.45) is 11.8 Å². The molecule has 138 valence electrons. The number of ether oxygens (including phenoxy) is 1. The van der Waals surface area contributed by atoms with E-state index < -0.39 is 11.7 Å². The number of allylic oxidation sites excluding steroid dienone is 1. The van der Waals surface area contributed by atoms with Gasteiger partial charge in [0, 0.05) is 0 Å². The van der Waals surface area contributed by atoms with Crippen LogP contribution >= 0.6 is 0 Å². The number of alkyl halides is 3. The molecule has 0 aromatic heterocycles. The number of hydrogen-bond acceptors (Lipinski definition) is 1. The molecule has 0 N–H and O–H groups in total.